The number of carboxylic acid groups (broad SMARTS) is 2. The van der Waals surface area contributed by atoms with Crippen LogP contribution in [0.2, 0.25) is 0 Å². The molecule has 2 aromatic carbocycles. The summed E-state index contributed by atoms with van der Waals surface area (Å²) in [5.74, 6) is 6.00. The molecule has 2 aromatic heterocycles. The number of benzene rings is 2. The molecule has 8 rings (SSSR count). The van der Waals surface area contributed by atoms with Crippen LogP contribution in [0.4, 0.5) is 9.59 Å². The number of likely N-dealkylation sites (N-methyl/N-ethyl adjacent to an activating group) is 1. The number of carboxylic acids is 2. The quantitative estimate of drug-likeness (QED) is 0.0238. The van der Waals surface area contributed by atoms with Crippen LogP contribution in [0, 0.1) is 34.5 Å². The van der Waals surface area contributed by atoms with E-state index in [1.807, 2.05) is 36.2 Å². The van der Waals surface area contributed by atoms with E-state index in [4.69, 9.17) is 57.8 Å². The molecule has 2 aliphatic heterocycles. The van der Waals surface area contributed by atoms with E-state index in [2.05, 4.69) is 27.8 Å². The molecule has 4 aromatic rings. The minimum absolute atomic E-state index is 0. The average molecular weight is 1270 g/mol. The van der Waals surface area contributed by atoms with E-state index >= 15 is 0 Å². The topological polar surface area (TPSA) is 310 Å². The first-order chi connectivity index (χ1) is 40.4. The smallest absolute Gasteiger partial charge is 0.408 e. The van der Waals surface area contributed by atoms with Crippen molar-refractivity contribution >= 4 is 58.1 Å². The van der Waals surface area contributed by atoms with Crippen molar-refractivity contribution in [1.82, 2.24) is 35.5 Å². The Hall–Kier alpha value is -6.68. The van der Waals surface area contributed by atoms with Gasteiger partial charge in [-0.3, -0.25) is 14.5 Å². The predicted octanol–water partition coefficient (Wildman–Crippen LogP) is 7.82. The fourth-order valence-electron chi connectivity index (χ4n) is 10.2. The maximum atomic E-state index is 12.2. The Morgan fingerprint density at radius 2 is 1.20 bits per heavy atom. The molecule has 4 aliphatic rings. The van der Waals surface area contributed by atoms with Crippen molar-refractivity contribution in [3.05, 3.63) is 53.1 Å². The van der Waals surface area contributed by atoms with Crippen LogP contribution in [0.25, 0.3) is 27.4 Å². The first-order valence-electron chi connectivity index (χ1n) is 28.8. The van der Waals surface area contributed by atoms with Gasteiger partial charge >= 0.3 is 30.1 Å². The van der Waals surface area contributed by atoms with Crippen molar-refractivity contribution in [2.45, 2.75) is 167 Å². The number of hydrogen-bond acceptors (Lipinski definition) is 19. The maximum absolute atomic E-state index is 12.2. The fourth-order valence-corrected chi connectivity index (χ4v) is 10.2. The van der Waals surface area contributed by atoms with Gasteiger partial charge in [0.2, 0.25) is 11.8 Å². The summed E-state index contributed by atoms with van der Waals surface area (Å²) < 4.78 is 43.7. The van der Waals surface area contributed by atoms with Gasteiger partial charge in [0.1, 0.15) is 53.6 Å². The summed E-state index contributed by atoms with van der Waals surface area (Å²) in [4.78, 5) is 92.3. The standard InChI is InChI=1S/C31H40N4O8.C30H41N4O8.Y/c1-31(2,3)26(28(36)37)34-30(39)43-25-14-18(25)10-8-7-9-11-22-27(33-23-15-19(40-5)12-13-21(23)32-22)42-20-16-24(29(38)41-6)35(4)17-20;1-30(2,3)25(27(35)36)34-29(38)42-24-13-17(24)9-7-6-8-10-21-26(41-19-15-23(31-16-19)28(37)40-5)33-22-14-18(39-4)11-12-20(22)32-21;/h12-13,15,18,20,24-26H,7-8,10,14,16-17H2,1-6H3,(H,34,39)(H,36,37);11-12,14,17,19,23-25H,6-10,13,15-16H2,1-5H3,(H,34,38)(H,35,36);/q;-1;/t18-,20-,24+,25-,26-;17-,19-,23+,24-,25-;/m11./s1. The summed E-state index contributed by atoms with van der Waals surface area (Å²) in [6, 6.07) is 7.95. The minimum Gasteiger partial charge on any atom is -0.647 e. The summed E-state index contributed by atoms with van der Waals surface area (Å²) in [7, 11) is 7.75. The number of carbonyl (C=O) groups excluding carboxylic acids is 4. The molecule has 24 nitrogen and oxygen atoms in total. The van der Waals surface area contributed by atoms with Crippen LogP contribution < -0.4 is 29.6 Å². The number of methoxy groups -OCH3 is 4. The van der Waals surface area contributed by atoms with Crippen molar-refractivity contribution in [2.24, 2.45) is 22.7 Å². The zero-order chi connectivity index (χ0) is 61.8. The van der Waals surface area contributed by atoms with Gasteiger partial charge in [0.05, 0.1) is 56.6 Å². The van der Waals surface area contributed by atoms with Crippen LogP contribution in [0.3, 0.4) is 0 Å². The van der Waals surface area contributed by atoms with Crippen molar-refractivity contribution in [2.75, 3.05) is 48.6 Å². The number of nitrogens with one attached hydrogen (secondary N) is 2. The molecule has 86 heavy (non-hydrogen) atoms. The van der Waals surface area contributed by atoms with Gasteiger partial charge in [0.15, 0.2) is 5.69 Å². The number of amides is 2. The van der Waals surface area contributed by atoms with Gasteiger partial charge in [-0.05, 0) is 117 Å². The summed E-state index contributed by atoms with van der Waals surface area (Å²) in [6.07, 6.45) is 6.66. The molecule has 4 N–H and O–H groups in total. The molecule has 4 fully saturated rings. The third kappa shape index (κ3) is 19.4. The van der Waals surface area contributed by atoms with Gasteiger partial charge in [-0.2, -0.15) is 0 Å². The van der Waals surface area contributed by atoms with Crippen molar-refractivity contribution in [3.63, 3.8) is 0 Å². The van der Waals surface area contributed by atoms with E-state index in [9.17, 15) is 39.0 Å². The number of ether oxygens (including phenoxy) is 8. The van der Waals surface area contributed by atoms with Crippen LogP contribution >= 0.6 is 0 Å². The van der Waals surface area contributed by atoms with Crippen LogP contribution in [0.15, 0.2) is 36.4 Å². The molecule has 10 atom stereocenters. The van der Waals surface area contributed by atoms with Gasteiger partial charge < -0.3 is 64.1 Å². The first kappa shape index (κ1) is 68.4. The number of carbonyl (C=O) groups is 6. The number of hydrogen-bond donors (Lipinski definition) is 4. The Morgan fingerprint density at radius 3 is 1.73 bits per heavy atom. The van der Waals surface area contributed by atoms with Gasteiger partial charge in [0, 0.05) is 64.2 Å². The Balaban J connectivity index is 0.000000272. The fraction of sp³-hybridized carbons (Fsp3) is 0.607. The molecular formula is C61H81N8O16Y-. The number of fused-ring (bicyclic) bond motifs is 2. The number of nitrogens with zero attached hydrogens (tertiary/aromatic N) is 6. The number of rotatable bonds is 23. The first-order valence-corrected chi connectivity index (χ1v) is 28.8. The van der Waals surface area contributed by atoms with E-state index in [1.54, 1.807) is 67.9 Å². The third-order valence-electron chi connectivity index (χ3n) is 15.3. The Bertz CT molecular complexity index is 3110. The van der Waals surface area contributed by atoms with E-state index in [1.165, 1.54) is 14.2 Å². The SMILES string of the molecule is COC(=O)[C@@H]1C[C@@H](Oc2nc3cc(OC)ccc3nc2C#CCCC[C@@H]2C[C@H]2OC(=O)N[C@H](C(=O)O)C(C)(C)C)CN1C.COC(=O)[C@@H]1C[C@@H](Oc2nc3cc(OC)ccc3nc2CCCCC[C@@H]2C[C@H]2OC(=O)N[C@H](C(=O)O)C(C)(C)C)C[N-]1.[Y]. The molecule has 4 heterocycles. The third-order valence-corrected chi connectivity index (χ3v) is 15.3. The van der Waals surface area contributed by atoms with Crippen LogP contribution in [0.5, 0.6) is 23.3 Å². The van der Waals surface area contributed by atoms with Gasteiger partial charge in [-0.15, -0.1) is 6.54 Å². The Morgan fingerprint density at radius 1 is 0.663 bits per heavy atom. The van der Waals surface area contributed by atoms with Crippen LogP contribution in [-0.2, 0) is 77.3 Å². The van der Waals surface area contributed by atoms with Crippen LogP contribution in [-0.4, -0.2) is 168 Å². The number of unbranched alkanes of at least 4 members (excludes halogenated alkanes) is 3. The molecule has 25 heteroatoms. The van der Waals surface area contributed by atoms with Gasteiger partial charge in [-0.1, -0.05) is 60.3 Å². The average Bonchev–Trinajstić information content (AvgIpc) is 4.44. The monoisotopic (exact) mass is 1270 g/mol. The molecule has 465 valence electrons. The number of esters is 2. The summed E-state index contributed by atoms with van der Waals surface area (Å²) in [5, 5.41) is 28.1. The molecule has 1 radical (unpaired) electrons. The molecular weight excluding hydrogens is 1190 g/mol. The normalized spacial score (nSPS) is 22.0. The second-order valence-electron chi connectivity index (χ2n) is 24.1. The van der Waals surface area contributed by atoms with Gasteiger partial charge in [0.25, 0.3) is 5.97 Å². The Labute approximate surface area is 526 Å². The molecule has 2 saturated carbocycles. The summed E-state index contributed by atoms with van der Waals surface area (Å²) in [5.41, 5.74) is 2.57. The molecule has 2 aliphatic carbocycles. The predicted molar refractivity (Wildman–Crippen MR) is 310 cm³/mol. The summed E-state index contributed by atoms with van der Waals surface area (Å²) >= 11 is 0. The van der Waals surface area contributed by atoms with Crippen molar-refractivity contribution in [1.29, 1.82) is 0 Å². The Kier molecular flexibility index (Phi) is 24.5. The zero-order valence-electron chi connectivity index (χ0n) is 51.0. The van der Waals surface area contributed by atoms with E-state index < -0.39 is 59.1 Å². The van der Waals surface area contributed by atoms with Crippen molar-refractivity contribution < 1.29 is 110 Å². The molecule has 0 bridgehead atoms. The molecule has 0 unspecified atom stereocenters. The van der Waals surface area contributed by atoms with E-state index in [-0.39, 0.29) is 80.9 Å². The number of alkyl carbamates (subject to hydrolysis) is 2. The number of aliphatic carboxylic acids is 2. The molecule has 0 spiro atoms. The second-order valence-corrected chi connectivity index (χ2v) is 24.1. The minimum atomic E-state index is -1.10. The van der Waals surface area contributed by atoms with Gasteiger partial charge in [-0.25, -0.2) is 39.1 Å². The number of aryl methyl sites for hydroxylation is 1. The number of likely N-dealkylation sites (tertiary alicyclic amines) is 1. The zero-order valence-corrected chi connectivity index (χ0v) is 53.8. The number of aromatic nitrogens is 4. The maximum Gasteiger partial charge on any atom is 0.408 e. The molecule has 2 amide bonds. The summed E-state index contributed by atoms with van der Waals surface area (Å²) in [6.45, 7) is 11.4. The largest absolute Gasteiger partial charge is 0.647 e. The van der Waals surface area contributed by atoms with E-state index in [0.717, 1.165) is 62.6 Å². The van der Waals surface area contributed by atoms with E-state index in [0.29, 0.717) is 84.3 Å². The van der Waals surface area contributed by atoms with Crippen LogP contribution in [0.1, 0.15) is 124 Å². The second kappa shape index (κ2) is 30.8. The van der Waals surface area contributed by atoms with Crippen molar-refractivity contribution in [3.8, 4) is 35.1 Å². The molecule has 2 saturated heterocycles.